The molecule has 5 heteroatoms. The van der Waals surface area contributed by atoms with Gasteiger partial charge in [0.2, 0.25) is 11.8 Å². The van der Waals surface area contributed by atoms with Crippen LogP contribution in [0.1, 0.15) is 25.7 Å². The minimum absolute atomic E-state index is 0.0604. The van der Waals surface area contributed by atoms with Gasteiger partial charge in [-0.1, -0.05) is 12.1 Å². The minimum Gasteiger partial charge on any atom is -0.323 e. The van der Waals surface area contributed by atoms with E-state index in [1.54, 1.807) is 4.90 Å². The van der Waals surface area contributed by atoms with Gasteiger partial charge in [-0.15, -0.1) is 0 Å². The largest absolute Gasteiger partial charge is 0.323 e. The van der Waals surface area contributed by atoms with Crippen molar-refractivity contribution in [3.05, 3.63) is 24.3 Å². The highest BCUT2D eigenvalue weighted by atomic mass is 16.2. The molecule has 2 aliphatic rings. The van der Waals surface area contributed by atoms with Crippen LogP contribution in [-0.2, 0) is 9.59 Å². The Bertz CT molecular complexity index is 540. The molecule has 5 nitrogen and oxygen atoms in total. The Morgan fingerprint density at radius 2 is 2.10 bits per heavy atom. The number of carbonyl (C=O) groups excluding carboxylic acids is 2. The van der Waals surface area contributed by atoms with E-state index in [4.69, 9.17) is 0 Å². The summed E-state index contributed by atoms with van der Waals surface area (Å²) in [5.41, 5.74) is 1.52. The number of hydrogen-bond donors (Lipinski definition) is 2. The number of carbonyl (C=O) groups is 2. The molecule has 1 aromatic rings. The predicted molar refractivity (Wildman–Crippen MR) is 82.3 cm³/mol. The molecule has 0 bridgehead atoms. The molecule has 1 saturated heterocycles. The van der Waals surface area contributed by atoms with Gasteiger partial charge in [-0.3, -0.25) is 9.59 Å². The molecule has 1 heterocycles. The lowest BCUT2D eigenvalue weighted by Crippen LogP contribution is -2.31. The molecular weight excluding hydrogens is 266 g/mol. The van der Waals surface area contributed by atoms with Crippen LogP contribution < -0.4 is 15.5 Å². The molecule has 0 unspecified atom stereocenters. The number of rotatable bonds is 6. The average molecular weight is 287 g/mol. The van der Waals surface area contributed by atoms with Crippen LogP contribution in [0.15, 0.2) is 24.3 Å². The van der Waals surface area contributed by atoms with E-state index >= 15 is 0 Å². The lowest BCUT2D eigenvalue weighted by atomic mass is 10.2. The van der Waals surface area contributed by atoms with Crippen LogP contribution in [0.25, 0.3) is 0 Å². The molecule has 2 amide bonds. The third-order valence-corrected chi connectivity index (χ3v) is 3.96. The van der Waals surface area contributed by atoms with Crippen LogP contribution in [0.3, 0.4) is 0 Å². The fraction of sp³-hybridized carbons (Fsp3) is 0.500. The van der Waals surface area contributed by atoms with Gasteiger partial charge in [-0.05, 0) is 43.9 Å². The van der Waals surface area contributed by atoms with Gasteiger partial charge in [-0.25, -0.2) is 0 Å². The molecule has 3 rings (SSSR count). The number of anilines is 2. The second kappa shape index (κ2) is 6.26. The number of para-hydroxylation sites is 2. The van der Waals surface area contributed by atoms with Gasteiger partial charge in [0.15, 0.2) is 0 Å². The molecule has 1 aromatic carbocycles. The highest BCUT2D eigenvalue weighted by Crippen LogP contribution is 2.29. The van der Waals surface area contributed by atoms with Crippen molar-refractivity contribution in [3.63, 3.8) is 0 Å². The standard InChI is InChI=1S/C16H21N3O2/c20-15(11-17-10-12-7-8-12)18-13-4-1-2-5-14(13)19-9-3-6-16(19)21/h1-2,4-5,12,17H,3,6-11H2,(H,18,20). The van der Waals surface area contributed by atoms with Crippen molar-refractivity contribution < 1.29 is 9.59 Å². The highest BCUT2D eigenvalue weighted by molar-refractivity contribution is 6.02. The molecular formula is C16H21N3O2. The van der Waals surface area contributed by atoms with Gasteiger partial charge in [0.05, 0.1) is 17.9 Å². The van der Waals surface area contributed by atoms with Crippen molar-refractivity contribution in [1.29, 1.82) is 0 Å². The monoisotopic (exact) mass is 287 g/mol. The van der Waals surface area contributed by atoms with Gasteiger partial charge in [-0.2, -0.15) is 0 Å². The van der Waals surface area contributed by atoms with E-state index in [0.29, 0.717) is 18.7 Å². The summed E-state index contributed by atoms with van der Waals surface area (Å²) in [6, 6.07) is 7.50. The summed E-state index contributed by atoms with van der Waals surface area (Å²) in [7, 11) is 0. The molecule has 0 atom stereocenters. The van der Waals surface area contributed by atoms with Crippen molar-refractivity contribution in [2.75, 3.05) is 29.9 Å². The van der Waals surface area contributed by atoms with Crippen molar-refractivity contribution in [3.8, 4) is 0 Å². The smallest absolute Gasteiger partial charge is 0.238 e. The molecule has 2 N–H and O–H groups in total. The number of amides is 2. The van der Waals surface area contributed by atoms with Crippen LogP contribution >= 0.6 is 0 Å². The third-order valence-electron chi connectivity index (χ3n) is 3.96. The quantitative estimate of drug-likeness (QED) is 0.838. The maximum atomic E-state index is 12.0. The fourth-order valence-electron chi connectivity index (χ4n) is 2.62. The second-order valence-corrected chi connectivity index (χ2v) is 5.79. The molecule has 1 aliphatic carbocycles. The normalized spacial score (nSPS) is 18.1. The third kappa shape index (κ3) is 3.61. The van der Waals surface area contributed by atoms with Crippen molar-refractivity contribution >= 4 is 23.2 Å². The highest BCUT2D eigenvalue weighted by Gasteiger charge is 2.24. The summed E-state index contributed by atoms with van der Waals surface area (Å²) in [5.74, 6) is 0.825. The van der Waals surface area contributed by atoms with Crippen LogP contribution in [0.2, 0.25) is 0 Å². The first kappa shape index (κ1) is 14.1. The Labute approximate surface area is 124 Å². The first-order valence-corrected chi connectivity index (χ1v) is 7.64. The summed E-state index contributed by atoms with van der Waals surface area (Å²) in [4.78, 5) is 25.6. The first-order chi connectivity index (χ1) is 10.2. The van der Waals surface area contributed by atoms with E-state index < -0.39 is 0 Å². The average Bonchev–Trinajstić information content (AvgIpc) is 3.20. The van der Waals surface area contributed by atoms with Gasteiger partial charge in [0.25, 0.3) is 0 Å². The van der Waals surface area contributed by atoms with Crippen LogP contribution in [0.4, 0.5) is 11.4 Å². The molecule has 1 saturated carbocycles. The van der Waals surface area contributed by atoms with Crippen LogP contribution in [0.5, 0.6) is 0 Å². The molecule has 1 aliphatic heterocycles. The Kier molecular flexibility index (Phi) is 4.20. The zero-order valence-electron chi connectivity index (χ0n) is 12.1. The Morgan fingerprint density at radius 1 is 1.29 bits per heavy atom. The topological polar surface area (TPSA) is 61.4 Å². The summed E-state index contributed by atoms with van der Waals surface area (Å²) in [5, 5.41) is 6.08. The molecule has 112 valence electrons. The maximum Gasteiger partial charge on any atom is 0.238 e. The molecule has 0 aromatic heterocycles. The van der Waals surface area contributed by atoms with E-state index in [1.807, 2.05) is 24.3 Å². The molecule has 21 heavy (non-hydrogen) atoms. The summed E-state index contributed by atoms with van der Waals surface area (Å²) >= 11 is 0. The SMILES string of the molecule is O=C(CNCC1CC1)Nc1ccccc1N1CCCC1=O. The second-order valence-electron chi connectivity index (χ2n) is 5.79. The predicted octanol–water partition coefficient (Wildman–Crippen LogP) is 1.75. The number of benzene rings is 1. The maximum absolute atomic E-state index is 12.0. The summed E-state index contributed by atoms with van der Waals surface area (Å²) in [6.07, 6.45) is 4.01. The van der Waals surface area contributed by atoms with Gasteiger partial charge in [0, 0.05) is 13.0 Å². The van der Waals surface area contributed by atoms with Crippen molar-refractivity contribution in [2.45, 2.75) is 25.7 Å². The van der Waals surface area contributed by atoms with E-state index in [-0.39, 0.29) is 11.8 Å². The molecule has 0 spiro atoms. The summed E-state index contributed by atoms with van der Waals surface area (Å²) < 4.78 is 0. The van der Waals surface area contributed by atoms with E-state index in [2.05, 4.69) is 10.6 Å². The minimum atomic E-state index is -0.0604. The molecule has 0 radical (unpaired) electrons. The zero-order chi connectivity index (χ0) is 14.7. The van der Waals surface area contributed by atoms with E-state index in [9.17, 15) is 9.59 Å². The first-order valence-electron chi connectivity index (χ1n) is 7.64. The van der Waals surface area contributed by atoms with E-state index in [1.165, 1.54) is 12.8 Å². The number of nitrogens with zero attached hydrogens (tertiary/aromatic N) is 1. The fourth-order valence-corrected chi connectivity index (χ4v) is 2.62. The Hall–Kier alpha value is -1.88. The Morgan fingerprint density at radius 3 is 2.81 bits per heavy atom. The Balaban J connectivity index is 1.61. The molecule has 2 fully saturated rings. The zero-order valence-corrected chi connectivity index (χ0v) is 12.1. The lowest BCUT2D eigenvalue weighted by molar-refractivity contribution is -0.117. The van der Waals surface area contributed by atoms with E-state index in [0.717, 1.165) is 31.1 Å². The van der Waals surface area contributed by atoms with Crippen LogP contribution in [-0.4, -0.2) is 31.4 Å². The number of hydrogen-bond acceptors (Lipinski definition) is 3. The number of nitrogens with one attached hydrogen (secondary N) is 2. The summed E-state index contributed by atoms with van der Waals surface area (Å²) in [6.45, 7) is 1.96. The van der Waals surface area contributed by atoms with Gasteiger partial charge >= 0.3 is 0 Å². The van der Waals surface area contributed by atoms with Crippen LogP contribution in [0, 0.1) is 5.92 Å². The van der Waals surface area contributed by atoms with Crippen molar-refractivity contribution in [1.82, 2.24) is 5.32 Å². The van der Waals surface area contributed by atoms with Crippen molar-refractivity contribution in [2.24, 2.45) is 5.92 Å². The lowest BCUT2D eigenvalue weighted by Gasteiger charge is -2.20. The van der Waals surface area contributed by atoms with Gasteiger partial charge in [0.1, 0.15) is 0 Å². The van der Waals surface area contributed by atoms with Gasteiger partial charge < -0.3 is 15.5 Å².